The molecule has 0 saturated carbocycles. The van der Waals surface area contributed by atoms with Gasteiger partial charge in [-0.05, 0) is 100 Å². The third-order valence-electron chi connectivity index (χ3n) is 8.15. The highest BCUT2D eigenvalue weighted by Gasteiger charge is 2.13. The molecule has 0 aliphatic carbocycles. The highest BCUT2D eigenvalue weighted by atomic mass is 35.5. The molecule has 0 unspecified atom stereocenters. The lowest BCUT2D eigenvalue weighted by Crippen LogP contribution is -2.22. The van der Waals surface area contributed by atoms with Crippen LogP contribution in [0, 0.1) is 0 Å². The smallest absolute Gasteiger partial charge is 0.213 e. The number of ether oxygens (including phenoxy) is 2. The molecule has 0 aliphatic rings. The van der Waals surface area contributed by atoms with Gasteiger partial charge in [-0.15, -0.1) is 0 Å². The molecule has 0 spiro atoms. The van der Waals surface area contributed by atoms with Gasteiger partial charge < -0.3 is 30.7 Å². The van der Waals surface area contributed by atoms with E-state index in [1.807, 2.05) is 60.7 Å². The number of pyridine rings is 4. The Kier molecular flexibility index (Phi) is 11.4. The Balaban J connectivity index is 0.888. The normalized spacial score (nSPS) is 11.5. The van der Waals surface area contributed by atoms with Gasteiger partial charge >= 0.3 is 0 Å². The molecule has 0 atom stereocenters. The number of hydrogen-bond donors (Lipinski definition) is 4. The number of benzene rings is 2. The first kappa shape index (κ1) is 33.7. The first-order valence-electron chi connectivity index (χ1n) is 16.3. The summed E-state index contributed by atoms with van der Waals surface area (Å²) in [4.78, 5) is 18.9. The highest BCUT2D eigenvalue weighted by Crippen LogP contribution is 2.33. The molecule has 4 N–H and O–H groups in total. The minimum absolute atomic E-state index is 0.561. The standard InChI is InChI=1S/C36H40Cl2N8O2/c1-47-31-13-11-27-35(45-31)33(25-9-7-23(37)21-29(25)43-27)41-19-5-17-39-15-3-4-16-40-18-6-20-42-34-26-10-8-24(38)22-30(26)44-28-12-14-32(48-2)46-36(28)34/h7-14,21-22,39-40H,3-6,15-20H2,1-2H3,(H,41,43)(H,42,44). The average molecular weight is 688 g/mol. The summed E-state index contributed by atoms with van der Waals surface area (Å²) in [6, 6.07) is 19.0. The number of halogens is 2. The van der Waals surface area contributed by atoms with Crippen molar-refractivity contribution in [2.45, 2.75) is 25.7 Å². The van der Waals surface area contributed by atoms with Gasteiger partial charge in [0.05, 0.1) is 47.7 Å². The van der Waals surface area contributed by atoms with Crippen LogP contribution in [0.25, 0.3) is 43.9 Å². The number of nitrogens with zero attached hydrogens (tertiary/aromatic N) is 4. The molecule has 0 fully saturated rings. The summed E-state index contributed by atoms with van der Waals surface area (Å²) in [6.07, 6.45) is 4.19. The van der Waals surface area contributed by atoms with Crippen molar-refractivity contribution in [2.75, 3.05) is 64.1 Å². The lowest BCUT2D eigenvalue weighted by atomic mass is 10.1. The van der Waals surface area contributed by atoms with Gasteiger partial charge in [-0.2, -0.15) is 0 Å². The monoisotopic (exact) mass is 686 g/mol. The van der Waals surface area contributed by atoms with E-state index in [1.165, 1.54) is 0 Å². The number of anilines is 2. The van der Waals surface area contributed by atoms with Crippen molar-refractivity contribution >= 4 is 78.4 Å². The first-order valence-corrected chi connectivity index (χ1v) is 17.1. The molecule has 0 saturated heterocycles. The summed E-state index contributed by atoms with van der Waals surface area (Å²) in [5, 5.41) is 17.6. The predicted molar refractivity (Wildman–Crippen MR) is 198 cm³/mol. The van der Waals surface area contributed by atoms with Crippen molar-refractivity contribution in [2.24, 2.45) is 0 Å². The maximum atomic E-state index is 6.25. The van der Waals surface area contributed by atoms with E-state index < -0.39 is 0 Å². The Morgan fingerprint density at radius 3 is 1.38 bits per heavy atom. The van der Waals surface area contributed by atoms with Crippen LogP contribution in [-0.4, -0.2) is 73.4 Å². The van der Waals surface area contributed by atoms with E-state index in [1.54, 1.807) is 14.2 Å². The summed E-state index contributed by atoms with van der Waals surface area (Å²) in [6.45, 7) is 5.46. The van der Waals surface area contributed by atoms with E-state index in [0.717, 1.165) is 120 Å². The van der Waals surface area contributed by atoms with E-state index >= 15 is 0 Å². The zero-order valence-electron chi connectivity index (χ0n) is 27.2. The molecule has 2 aromatic carbocycles. The second-order valence-corrected chi connectivity index (χ2v) is 12.4. The Labute approximate surface area is 290 Å². The number of aromatic nitrogens is 4. The molecule has 10 nitrogen and oxygen atoms in total. The van der Waals surface area contributed by atoms with Crippen molar-refractivity contribution in [1.82, 2.24) is 30.6 Å². The van der Waals surface area contributed by atoms with Crippen LogP contribution in [0.15, 0.2) is 60.7 Å². The summed E-state index contributed by atoms with van der Waals surface area (Å²) in [5.74, 6) is 1.12. The molecule has 6 rings (SSSR count). The molecular formula is C36H40Cl2N8O2. The van der Waals surface area contributed by atoms with Crippen LogP contribution >= 0.6 is 23.2 Å². The molecule has 4 heterocycles. The molecule has 12 heteroatoms. The first-order chi connectivity index (χ1) is 23.5. The van der Waals surface area contributed by atoms with Gasteiger partial charge in [-0.1, -0.05) is 23.2 Å². The highest BCUT2D eigenvalue weighted by molar-refractivity contribution is 6.32. The second kappa shape index (κ2) is 16.3. The Bertz CT molecular complexity index is 1880. The van der Waals surface area contributed by atoms with Crippen LogP contribution in [-0.2, 0) is 0 Å². The Morgan fingerprint density at radius 1 is 0.500 bits per heavy atom. The molecule has 6 aromatic rings. The lowest BCUT2D eigenvalue weighted by molar-refractivity contribution is 0.399. The summed E-state index contributed by atoms with van der Waals surface area (Å²) >= 11 is 12.5. The molecule has 48 heavy (non-hydrogen) atoms. The van der Waals surface area contributed by atoms with Crippen molar-refractivity contribution in [1.29, 1.82) is 0 Å². The van der Waals surface area contributed by atoms with E-state index in [9.17, 15) is 0 Å². The van der Waals surface area contributed by atoms with E-state index in [0.29, 0.717) is 21.8 Å². The van der Waals surface area contributed by atoms with Gasteiger partial charge in [-0.3, -0.25) is 0 Å². The maximum absolute atomic E-state index is 6.25. The largest absolute Gasteiger partial charge is 0.481 e. The van der Waals surface area contributed by atoms with E-state index in [4.69, 9.17) is 42.6 Å². The molecule has 0 radical (unpaired) electrons. The van der Waals surface area contributed by atoms with Gasteiger partial charge in [0.25, 0.3) is 0 Å². The van der Waals surface area contributed by atoms with Crippen LogP contribution in [0.2, 0.25) is 10.0 Å². The lowest BCUT2D eigenvalue weighted by Gasteiger charge is -2.14. The van der Waals surface area contributed by atoms with Crippen molar-refractivity contribution in [3.8, 4) is 11.8 Å². The van der Waals surface area contributed by atoms with Crippen LogP contribution in [0.3, 0.4) is 0 Å². The minimum atomic E-state index is 0.561. The van der Waals surface area contributed by atoms with E-state index in [2.05, 4.69) is 31.2 Å². The number of nitrogens with one attached hydrogen (secondary N) is 4. The van der Waals surface area contributed by atoms with Crippen LogP contribution in [0.4, 0.5) is 11.4 Å². The number of fused-ring (bicyclic) bond motifs is 4. The van der Waals surface area contributed by atoms with Crippen LogP contribution in [0.5, 0.6) is 11.8 Å². The SMILES string of the molecule is COc1ccc2nc3cc(Cl)ccc3c(NCCCNCCCCNCCCNc3c4ccc(Cl)cc4nc4ccc(OC)nc34)c2n1. The third kappa shape index (κ3) is 8.07. The third-order valence-corrected chi connectivity index (χ3v) is 8.62. The number of unbranched alkanes of at least 4 members (excludes halogenated alkanes) is 1. The fourth-order valence-corrected chi connectivity index (χ4v) is 6.07. The average Bonchev–Trinajstić information content (AvgIpc) is 3.10. The van der Waals surface area contributed by atoms with Crippen molar-refractivity contribution in [3.05, 3.63) is 70.7 Å². The van der Waals surface area contributed by atoms with Gasteiger partial charge in [-0.25, -0.2) is 19.9 Å². The van der Waals surface area contributed by atoms with Gasteiger partial charge in [0.2, 0.25) is 11.8 Å². The molecular weight excluding hydrogens is 647 g/mol. The summed E-state index contributed by atoms with van der Waals surface area (Å²) < 4.78 is 10.7. The summed E-state index contributed by atoms with van der Waals surface area (Å²) in [7, 11) is 3.24. The maximum Gasteiger partial charge on any atom is 0.213 e. The molecule has 0 bridgehead atoms. The van der Waals surface area contributed by atoms with Crippen LogP contribution < -0.4 is 30.7 Å². The summed E-state index contributed by atoms with van der Waals surface area (Å²) in [5.41, 5.74) is 6.78. The molecule has 4 aromatic heterocycles. The van der Waals surface area contributed by atoms with Crippen molar-refractivity contribution < 1.29 is 9.47 Å². The van der Waals surface area contributed by atoms with Gasteiger partial charge in [0, 0.05) is 46.0 Å². The molecule has 0 amide bonds. The fourth-order valence-electron chi connectivity index (χ4n) is 5.74. The van der Waals surface area contributed by atoms with E-state index in [-0.39, 0.29) is 0 Å². The predicted octanol–water partition coefficient (Wildman–Crippen LogP) is 7.47. The second-order valence-electron chi connectivity index (χ2n) is 11.5. The Hall–Kier alpha value is -4.22. The minimum Gasteiger partial charge on any atom is -0.481 e. The van der Waals surface area contributed by atoms with Gasteiger partial charge in [0.1, 0.15) is 11.0 Å². The number of rotatable bonds is 17. The van der Waals surface area contributed by atoms with Gasteiger partial charge in [0.15, 0.2) is 0 Å². The topological polar surface area (TPSA) is 118 Å². The van der Waals surface area contributed by atoms with Crippen molar-refractivity contribution in [3.63, 3.8) is 0 Å². The zero-order chi connectivity index (χ0) is 33.3. The Morgan fingerprint density at radius 2 is 0.938 bits per heavy atom. The van der Waals surface area contributed by atoms with Crippen LogP contribution in [0.1, 0.15) is 25.7 Å². The fraction of sp³-hybridized carbons (Fsp3) is 0.333. The quantitative estimate of drug-likeness (QED) is 0.0568. The molecule has 0 aliphatic heterocycles. The zero-order valence-corrected chi connectivity index (χ0v) is 28.7. The number of hydrogen-bond acceptors (Lipinski definition) is 10. The number of methoxy groups -OCH3 is 2. The molecule has 250 valence electrons.